The van der Waals surface area contributed by atoms with E-state index in [1.807, 2.05) is 0 Å². The molecule has 0 bridgehead atoms. The van der Waals surface area contributed by atoms with Crippen LogP contribution in [0.1, 0.15) is 15.9 Å². The topological polar surface area (TPSA) is 63.2 Å². The summed E-state index contributed by atoms with van der Waals surface area (Å²) in [5.74, 6) is 2.30. The first-order valence-corrected chi connectivity index (χ1v) is 7.82. The quantitative estimate of drug-likeness (QED) is 0.530. The van der Waals surface area contributed by atoms with Gasteiger partial charge in [-0.15, -0.1) is 0 Å². The van der Waals surface area contributed by atoms with Gasteiger partial charge < -0.3 is 23.7 Å². The maximum Gasteiger partial charge on any atom is 0.189 e. The number of ether oxygens (including phenoxy) is 5. The van der Waals surface area contributed by atoms with Crippen LogP contribution >= 0.6 is 0 Å². The molecule has 6 nitrogen and oxygen atoms in total. The second kappa shape index (κ2) is 8.80. The first-order valence-electron chi connectivity index (χ1n) is 7.82. The van der Waals surface area contributed by atoms with Gasteiger partial charge in [-0.1, -0.05) is 0 Å². The van der Waals surface area contributed by atoms with Gasteiger partial charge in [0, 0.05) is 11.6 Å². The van der Waals surface area contributed by atoms with Crippen molar-refractivity contribution in [3.8, 4) is 28.7 Å². The van der Waals surface area contributed by atoms with Crippen LogP contribution in [0.4, 0.5) is 0 Å². The van der Waals surface area contributed by atoms with E-state index >= 15 is 0 Å². The van der Waals surface area contributed by atoms with Gasteiger partial charge in [0.1, 0.15) is 17.2 Å². The van der Waals surface area contributed by atoms with E-state index in [9.17, 15) is 4.79 Å². The molecule has 0 radical (unpaired) electrons. The average molecular weight is 358 g/mol. The monoisotopic (exact) mass is 358 g/mol. The lowest BCUT2D eigenvalue weighted by molar-refractivity contribution is 0.104. The highest BCUT2D eigenvalue weighted by atomic mass is 16.5. The van der Waals surface area contributed by atoms with Crippen molar-refractivity contribution >= 4 is 11.9 Å². The third kappa shape index (κ3) is 4.08. The van der Waals surface area contributed by atoms with Gasteiger partial charge in [0.05, 0.1) is 41.1 Å². The smallest absolute Gasteiger partial charge is 0.189 e. The summed E-state index contributed by atoms with van der Waals surface area (Å²) in [5, 5.41) is 0. The van der Waals surface area contributed by atoms with Gasteiger partial charge in [-0.3, -0.25) is 4.79 Å². The van der Waals surface area contributed by atoms with E-state index in [1.165, 1.54) is 27.4 Å². The molecule has 6 heteroatoms. The third-order valence-corrected chi connectivity index (χ3v) is 3.80. The van der Waals surface area contributed by atoms with Crippen LogP contribution in [0.25, 0.3) is 6.08 Å². The van der Waals surface area contributed by atoms with Gasteiger partial charge in [-0.05, 0) is 36.4 Å². The number of methoxy groups -OCH3 is 5. The normalized spacial score (nSPS) is 10.5. The molecular weight excluding hydrogens is 336 g/mol. The summed E-state index contributed by atoms with van der Waals surface area (Å²) in [6, 6.07) is 8.61. The number of benzene rings is 2. The van der Waals surface area contributed by atoms with E-state index in [0.29, 0.717) is 39.9 Å². The van der Waals surface area contributed by atoms with Crippen LogP contribution in [0.15, 0.2) is 36.4 Å². The van der Waals surface area contributed by atoms with Crippen LogP contribution in [0, 0.1) is 0 Å². The molecular formula is C20H22O6. The standard InChI is InChI=1S/C20H22O6/c1-22-14-7-9-18(24-3)13(10-14)6-8-17(21)16-11-15(23-2)12-19(25-4)20(16)26-5/h6-12H,1-5H3. The minimum absolute atomic E-state index is 0.260. The maximum atomic E-state index is 12.7. The van der Waals surface area contributed by atoms with Crippen LogP contribution < -0.4 is 23.7 Å². The number of hydrogen-bond acceptors (Lipinski definition) is 6. The molecule has 0 aliphatic heterocycles. The van der Waals surface area contributed by atoms with Gasteiger partial charge in [0.2, 0.25) is 0 Å². The van der Waals surface area contributed by atoms with Crippen molar-refractivity contribution in [1.29, 1.82) is 0 Å². The van der Waals surface area contributed by atoms with E-state index < -0.39 is 0 Å². The molecule has 26 heavy (non-hydrogen) atoms. The fraction of sp³-hybridized carbons (Fsp3) is 0.250. The lowest BCUT2D eigenvalue weighted by Gasteiger charge is -2.13. The SMILES string of the molecule is COc1ccc(OC)c(C=CC(=O)c2cc(OC)cc(OC)c2OC)c1. The largest absolute Gasteiger partial charge is 0.497 e. The molecule has 2 aromatic carbocycles. The highest BCUT2D eigenvalue weighted by molar-refractivity contribution is 6.09. The Kier molecular flexibility index (Phi) is 6.49. The van der Waals surface area contributed by atoms with Crippen molar-refractivity contribution < 1.29 is 28.5 Å². The lowest BCUT2D eigenvalue weighted by Crippen LogP contribution is -2.02. The highest BCUT2D eigenvalue weighted by Gasteiger charge is 2.17. The van der Waals surface area contributed by atoms with E-state index in [2.05, 4.69) is 0 Å². The summed E-state index contributed by atoms with van der Waals surface area (Å²) in [6.07, 6.45) is 3.10. The number of allylic oxidation sites excluding steroid dienone is 1. The molecule has 0 aromatic heterocycles. The molecule has 0 aliphatic rings. The fourth-order valence-electron chi connectivity index (χ4n) is 2.46. The van der Waals surface area contributed by atoms with Crippen molar-refractivity contribution in [2.24, 2.45) is 0 Å². The van der Waals surface area contributed by atoms with Crippen LogP contribution in [0.2, 0.25) is 0 Å². The maximum absolute atomic E-state index is 12.7. The van der Waals surface area contributed by atoms with Crippen molar-refractivity contribution in [1.82, 2.24) is 0 Å². The van der Waals surface area contributed by atoms with Crippen LogP contribution in [-0.4, -0.2) is 41.3 Å². The molecule has 0 spiro atoms. The van der Waals surface area contributed by atoms with E-state index in [0.717, 1.165) is 0 Å². The van der Waals surface area contributed by atoms with Gasteiger partial charge >= 0.3 is 0 Å². The molecule has 2 aromatic rings. The summed E-state index contributed by atoms with van der Waals surface area (Å²) in [6.45, 7) is 0. The van der Waals surface area contributed by atoms with E-state index in [1.54, 1.807) is 50.6 Å². The van der Waals surface area contributed by atoms with Gasteiger partial charge in [0.15, 0.2) is 17.3 Å². The number of ketones is 1. The predicted octanol–water partition coefficient (Wildman–Crippen LogP) is 3.63. The summed E-state index contributed by atoms with van der Waals surface area (Å²) in [5.41, 5.74) is 1.05. The summed E-state index contributed by atoms with van der Waals surface area (Å²) in [4.78, 5) is 12.7. The van der Waals surface area contributed by atoms with E-state index in [-0.39, 0.29) is 5.78 Å². The molecule has 0 unspecified atom stereocenters. The van der Waals surface area contributed by atoms with Crippen molar-refractivity contribution in [3.63, 3.8) is 0 Å². The fourth-order valence-corrected chi connectivity index (χ4v) is 2.46. The minimum Gasteiger partial charge on any atom is -0.497 e. The van der Waals surface area contributed by atoms with Crippen molar-refractivity contribution in [3.05, 3.63) is 47.5 Å². The molecule has 138 valence electrons. The Morgan fingerprint density at radius 3 is 2.04 bits per heavy atom. The molecule has 0 amide bonds. The highest BCUT2D eigenvalue weighted by Crippen LogP contribution is 2.36. The third-order valence-electron chi connectivity index (χ3n) is 3.80. The molecule has 0 atom stereocenters. The Bertz CT molecular complexity index is 810. The Balaban J connectivity index is 2.43. The average Bonchev–Trinajstić information content (AvgIpc) is 2.70. The molecule has 0 saturated heterocycles. The zero-order valence-electron chi connectivity index (χ0n) is 15.5. The van der Waals surface area contributed by atoms with Gasteiger partial charge in [0.25, 0.3) is 0 Å². The molecule has 2 rings (SSSR count). The number of hydrogen-bond donors (Lipinski definition) is 0. The van der Waals surface area contributed by atoms with Crippen LogP contribution in [-0.2, 0) is 0 Å². The molecule has 0 heterocycles. The first kappa shape index (κ1) is 19.2. The molecule has 0 N–H and O–H groups in total. The first-order chi connectivity index (χ1) is 12.6. The van der Waals surface area contributed by atoms with Crippen LogP contribution in [0.5, 0.6) is 28.7 Å². The molecule has 0 aliphatic carbocycles. The van der Waals surface area contributed by atoms with E-state index in [4.69, 9.17) is 23.7 Å². The predicted molar refractivity (Wildman–Crippen MR) is 99.0 cm³/mol. The van der Waals surface area contributed by atoms with Crippen molar-refractivity contribution in [2.75, 3.05) is 35.5 Å². The Morgan fingerprint density at radius 1 is 0.769 bits per heavy atom. The Hall–Kier alpha value is -3.15. The summed E-state index contributed by atoms with van der Waals surface area (Å²) in [7, 11) is 7.65. The number of carbonyl (C=O) groups excluding carboxylic acids is 1. The zero-order valence-corrected chi connectivity index (χ0v) is 15.5. The second-order valence-electron chi connectivity index (χ2n) is 5.22. The Morgan fingerprint density at radius 2 is 1.46 bits per heavy atom. The van der Waals surface area contributed by atoms with Crippen molar-refractivity contribution in [2.45, 2.75) is 0 Å². The minimum atomic E-state index is -0.260. The van der Waals surface area contributed by atoms with Crippen LogP contribution in [0.3, 0.4) is 0 Å². The van der Waals surface area contributed by atoms with Gasteiger partial charge in [-0.25, -0.2) is 0 Å². The number of carbonyl (C=O) groups is 1. The summed E-state index contributed by atoms with van der Waals surface area (Å²) >= 11 is 0. The summed E-state index contributed by atoms with van der Waals surface area (Å²) < 4.78 is 26.4. The second-order valence-corrected chi connectivity index (χ2v) is 5.22. The molecule has 0 saturated carbocycles. The Labute approximate surface area is 152 Å². The lowest BCUT2D eigenvalue weighted by atomic mass is 10.1. The molecule has 0 fully saturated rings. The zero-order chi connectivity index (χ0) is 19.1. The number of rotatable bonds is 8. The van der Waals surface area contributed by atoms with Gasteiger partial charge in [-0.2, -0.15) is 0 Å².